The predicted molar refractivity (Wildman–Crippen MR) is 127 cm³/mol. The molecule has 4 rings (SSSR count). The van der Waals surface area contributed by atoms with Gasteiger partial charge < -0.3 is 19.8 Å². The molecular formula is C26H27NO3S. The SMILES string of the molecule is COc1ccc(CCCC(=S)N2CCc3cc(O)c(O)cc3C2c2ccccc2)cc1. The van der Waals surface area contributed by atoms with Gasteiger partial charge >= 0.3 is 0 Å². The number of ether oxygens (including phenoxy) is 1. The van der Waals surface area contributed by atoms with Crippen LogP contribution in [0.5, 0.6) is 17.2 Å². The highest BCUT2D eigenvalue weighted by Crippen LogP contribution is 2.40. The first kappa shape index (κ1) is 21.2. The highest BCUT2D eigenvalue weighted by atomic mass is 32.1. The van der Waals surface area contributed by atoms with Gasteiger partial charge in [-0.1, -0.05) is 54.7 Å². The van der Waals surface area contributed by atoms with Gasteiger partial charge in [0, 0.05) is 6.54 Å². The van der Waals surface area contributed by atoms with Crippen LogP contribution in [-0.2, 0) is 12.8 Å². The summed E-state index contributed by atoms with van der Waals surface area (Å²) < 4.78 is 5.23. The average Bonchev–Trinajstić information content (AvgIpc) is 2.80. The molecule has 0 radical (unpaired) electrons. The molecule has 0 fully saturated rings. The molecule has 0 amide bonds. The second-order valence-corrected chi connectivity index (χ2v) is 8.36. The van der Waals surface area contributed by atoms with Crippen LogP contribution in [0.15, 0.2) is 66.7 Å². The van der Waals surface area contributed by atoms with Crippen LogP contribution in [0.3, 0.4) is 0 Å². The van der Waals surface area contributed by atoms with Crippen molar-refractivity contribution in [1.82, 2.24) is 4.90 Å². The summed E-state index contributed by atoms with van der Waals surface area (Å²) in [7, 11) is 1.68. The summed E-state index contributed by atoms with van der Waals surface area (Å²) in [5, 5.41) is 20.1. The zero-order chi connectivity index (χ0) is 21.8. The molecule has 4 nitrogen and oxygen atoms in total. The summed E-state index contributed by atoms with van der Waals surface area (Å²) in [6.45, 7) is 0.790. The normalized spacial score (nSPS) is 15.4. The molecule has 160 valence electrons. The van der Waals surface area contributed by atoms with E-state index in [9.17, 15) is 10.2 Å². The van der Waals surface area contributed by atoms with Crippen LogP contribution < -0.4 is 4.74 Å². The third kappa shape index (κ3) is 4.67. The van der Waals surface area contributed by atoms with Crippen LogP contribution in [0, 0.1) is 0 Å². The van der Waals surface area contributed by atoms with E-state index < -0.39 is 0 Å². The van der Waals surface area contributed by atoms with E-state index in [1.807, 2.05) is 30.3 Å². The lowest BCUT2D eigenvalue weighted by molar-refractivity contribution is 0.332. The molecule has 1 aliphatic heterocycles. The number of hydrogen-bond acceptors (Lipinski definition) is 4. The number of fused-ring (bicyclic) bond motifs is 1. The van der Waals surface area contributed by atoms with Crippen LogP contribution in [0.1, 0.15) is 41.1 Å². The lowest BCUT2D eigenvalue weighted by Crippen LogP contribution is -2.39. The van der Waals surface area contributed by atoms with Gasteiger partial charge in [0.05, 0.1) is 18.1 Å². The molecular weight excluding hydrogens is 406 g/mol. The van der Waals surface area contributed by atoms with Crippen molar-refractivity contribution in [3.63, 3.8) is 0 Å². The van der Waals surface area contributed by atoms with E-state index in [1.165, 1.54) is 5.56 Å². The summed E-state index contributed by atoms with van der Waals surface area (Å²) in [6, 6.07) is 21.7. The largest absolute Gasteiger partial charge is 0.504 e. The van der Waals surface area contributed by atoms with Crippen LogP contribution in [0.25, 0.3) is 0 Å². The van der Waals surface area contributed by atoms with Crippen molar-refractivity contribution in [2.45, 2.75) is 31.7 Å². The average molecular weight is 434 g/mol. The molecule has 1 aliphatic rings. The van der Waals surface area contributed by atoms with Crippen molar-refractivity contribution in [3.8, 4) is 17.2 Å². The molecule has 0 aliphatic carbocycles. The number of methoxy groups -OCH3 is 1. The van der Waals surface area contributed by atoms with Crippen molar-refractivity contribution < 1.29 is 14.9 Å². The Morgan fingerprint density at radius 1 is 1.03 bits per heavy atom. The maximum atomic E-state index is 10.2. The molecule has 3 aromatic carbocycles. The van der Waals surface area contributed by atoms with Crippen molar-refractivity contribution in [3.05, 3.63) is 89.0 Å². The van der Waals surface area contributed by atoms with E-state index in [-0.39, 0.29) is 17.5 Å². The van der Waals surface area contributed by atoms with Gasteiger partial charge in [-0.05, 0) is 72.2 Å². The molecule has 0 spiro atoms. The monoisotopic (exact) mass is 433 g/mol. The topological polar surface area (TPSA) is 52.9 Å². The Kier molecular flexibility index (Phi) is 6.42. The van der Waals surface area contributed by atoms with Gasteiger partial charge in [0.1, 0.15) is 5.75 Å². The maximum absolute atomic E-state index is 10.2. The number of benzene rings is 3. The minimum absolute atomic E-state index is 0.0649. The molecule has 1 heterocycles. The number of rotatable bonds is 6. The highest BCUT2D eigenvalue weighted by Gasteiger charge is 2.31. The molecule has 0 aromatic heterocycles. The van der Waals surface area contributed by atoms with Gasteiger partial charge in [0.2, 0.25) is 0 Å². The second kappa shape index (κ2) is 9.40. The lowest BCUT2D eigenvalue weighted by atomic mass is 9.87. The van der Waals surface area contributed by atoms with E-state index in [0.29, 0.717) is 0 Å². The lowest BCUT2D eigenvalue weighted by Gasteiger charge is -2.39. The third-order valence-electron chi connectivity index (χ3n) is 5.92. The van der Waals surface area contributed by atoms with Crippen LogP contribution in [-0.4, -0.2) is 33.8 Å². The van der Waals surface area contributed by atoms with Crippen LogP contribution in [0.2, 0.25) is 0 Å². The number of phenols is 2. The van der Waals surface area contributed by atoms with E-state index in [1.54, 1.807) is 19.2 Å². The van der Waals surface area contributed by atoms with Gasteiger partial charge in [-0.3, -0.25) is 0 Å². The summed E-state index contributed by atoms with van der Waals surface area (Å²) in [5.74, 6) is 0.708. The highest BCUT2D eigenvalue weighted by molar-refractivity contribution is 7.80. The van der Waals surface area contributed by atoms with Gasteiger partial charge in [-0.2, -0.15) is 0 Å². The maximum Gasteiger partial charge on any atom is 0.157 e. The zero-order valence-corrected chi connectivity index (χ0v) is 18.4. The Morgan fingerprint density at radius 3 is 2.45 bits per heavy atom. The fourth-order valence-corrected chi connectivity index (χ4v) is 4.63. The van der Waals surface area contributed by atoms with Crippen molar-refractivity contribution in [2.24, 2.45) is 0 Å². The third-order valence-corrected chi connectivity index (χ3v) is 6.35. The number of aromatic hydroxyl groups is 2. The van der Waals surface area contributed by atoms with E-state index in [2.05, 4.69) is 29.2 Å². The molecule has 0 saturated heterocycles. The van der Waals surface area contributed by atoms with Gasteiger partial charge in [0.15, 0.2) is 11.5 Å². The number of hydrogen-bond donors (Lipinski definition) is 2. The molecule has 0 bridgehead atoms. The Hall–Kier alpha value is -3.05. The van der Waals surface area contributed by atoms with Crippen molar-refractivity contribution >= 4 is 17.2 Å². The molecule has 0 saturated carbocycles. The van der Waals surface area contributed by atoms with Gasteiger partial charge in [0.25, 0.3) is 0 Å². The van der Waals surface area contributed by atoms with Crippen LogP contribution in [0.4, 0.5) is 0 Å². The van der Waals surface area contributed by atoms with Gasteiger partial charge in [-0.15, -0.1) is 0 Å². The standard InChI is InChI=1S/C26H27NO3S/c1-30-21-12-10-18(11-13-21)6-5-9-25(31)27-15-14-20-16-23(28)24(29)17-22(20)26(27)19-7-3-2-4-8-19/h2-4,7-8,10-13,16-17,26,28-29H,5-6,9,14-15H2,1H3. The molecule has 5 heteroatoms. The Bertz CT molecular complexity index is 1050. The molecule has 1 atom stereocenters. The number of aryl methyl sites for hydroxylation is 1. The molecule has 1 unspecified atom stereocenters. The van der Waals surface area contributed by atoms with Gasteiger partial charge in [-0.25, -0.2) is 0 Å². The number of nitrogens with zero attached hydrogens (tertiary/aromatic N) is 1. The quantitative estimate of drug-likeness (QED) is 0.402. The zero-order valence-electron chi connectivity index (χ0n) is 17.6. The fourth-order valence-electron chi connectivity index (χ4n) is 4.29. The number of thiocarbonyl (C=S) groups is 1. The molecule has 2 N–H and O–H groups in total. The smallest absolute Gasteiger partial charge is 0.157 e. The number of phenolic OH excluding ortho intramolecular Hbond substituents is 2. The predicted octanol–water partition coefficient (Wildman–Crippen LogP) is 5.40. The summed E-state index contributed by atoms with van der Waals surface area (Å²) in [5.41, 5.74) is 4.46. The summed E-state index contributed by atoms with van der Waals surface area (Å²) in [6.07, 6.45) is 3.53. The Balaban J connectivity index is 1.52. The molecule has 3 aromatic rings. The minimum Gasteiger partial charge on any atom is -0.504 e. The first-order valence-corrected chi connectivity index (χ1v) is 11.0. The van der Waals surface area contributed by atoms with E-state index >= 15 is 0 Å². The minimum atomic E-state index is -0.0908. The van der Waals surface area contributed by atoms with E-state index in [4.69, 9.17) is 17.0 Å². The van der Waals surface area contributed by atoms with E-state index in [0.717, 1.165) is 59.7 Å². The Morgan fingerprint density at radius 2 is 1.74 bits per heavy atom. The second-order valence-electron chi connectivity index (χ2n) is 7.89. The van der Waals surface area contributed by atoms with Crippen LogP contribution >= 0.6 is 12.2 Å². The fraction of sp³-hybridized carbons (Fsp3) is 0.269. The Labute approximate surface area is 188 Å². The summed E-state index contributed by atoms with van der Waals surface area (Å²) in [4.78, 5) is 3.21. The van der Waals surface area contributed by atoms with Crippen molar-refractivity contribution in [1.29, 1.82) is 0 Å². The molecule has 31 heavy (non-hydrogen) atoms. The van der Waals surface area contributed by atoms with Crippen molar-refractivity contribution in [2.75, 3.05) is 13.7 Å². The summed E-state index contributed by atoms with van der Waals surface area (Å²) >= 11 is 5.89. The first-order chi connectivity index (χ1) is 15.1. The first-order valence-electron chi connectivity index (χ1n) is 10.6.